The Kier molecular flexibility index (Phi) is 2.72. The van der Waals surface area contributed by atoms with E-state index in [0.717, 1.165) is 0 Å². The van der Waals surface area contributed by atoms with Crippen LogP contribution in [0.1, 0.15) is 27.7 Å². The van der Waals surface area contributed by atoms with Gasteiger partial charge in [-0.15, -0.1) is 12.6 Å². The van der Waals surface area contributed by atoms with Gasteiger partial charge in [0.05, 0.1) is 5.60 Å². The molecule has 0 saturated carbocycles. The van der Waals surface area contributed by atoms with Crippen LogP contribution in [-0.4, -0.2) is 18.0 Å². The minimum atomic E-state index is -0.679. The highest BCUT2D eigenvalue weighted by molar-refractivity contribution is 6.46. The summed E-state index contributed by atoms with van der Waals surface area (Å²) in [7, 11) is 1.91. The van der Waals surface area contributed by atoms with Crippen LogP contribution < -0.4 is 0 Å². The highest BCUT2D eigenvalue weighted by Gasteiger charge is 2.33. The molecule has 10 heavy (non-hydrogen) atoms. The molecule has 0 aromatic carbocycles. The first-order chi connectivity index (χ1) is 4.31. The fourth-order valence-electron chi connectivity index (χ4n) is 0.499. The number of hydrogen-bond acceptors (Lipinski definition) is 1. The van der Waals surface area contributed by atoms with Gasteiger partial charge in [-0.3, -0.25) is 0 Å². The molecule has 1 radical (unpaired) electrons. The maximum Gasteiger partial charge on any atom is 0.151 e. The molecular weight excluding hydrogens is 123 g/mol. The summed E-state index contributed by atoms with van der Waals surface area (Å²) >= 11 is 0. The minimum absolute atomic E-state index is 0.200. The molecule has 57 valence electrons. The Bertz CT molecular complexity index is 122. The van der Waals surface area contributed by atoms with E-state index in [1.165, 1.54) is 0 Å². The third-order valence-electron chi connectivity index (χ3n) is 2.11. The lowest BCUT2D eigenvalue weighted by atomic mass is 9.48. The van der Waals surface area contributed by atoms with Crippen LogP contribution >= 0.6 is 0 Å². The summed E-state index contributed by atoms with van der Waals surface area (Å²) in [5.74, 6) is 1.72. The second-order valence-corrected chi connectivity index (χ2v) is 3.68. The van der Waals surface area contributed by atoms with E-state index in [1.54, 1.807) is 19.8 Å². The lowest BCUT2D eigenvalue weighted by molar-refractivity contribution is 0.0409. The second-order valence-electron chi connectivity index (χ2n) is 3.68. The molecule has 0 heterocycles. The van der Waals surface area contributed by atoms with Gasteiger partial charge in [0.2, 0.25) is 0 Å². The number of hydrogen-bond donors (Lipinski definition) is 1. The molecule has 2 heteroatoms. The quantitative estimate of drug-likeness (QED) is 0.591. The maximum atomic E-state index is 9.60. The lowest BCUT2D eigenvalue weighted by Crippen LogP contribution is -2.36. The van der Waals surface area contributed by atoms with Gasteiger partial charge >= 0.3 is 0 Å². The van der Waals surface area contributed by atoms with Crippen LogP contribution in [0.4, 0.5) is 0 Å². The van der Waals surface area contributed by atoms with Crippen molar-refractivity contribution in [3.8, 4) is 0 Å². The predicted octanol–water partition coefficient (Wildman–Crippen LogP) is 1.80. The van der Waals surface area contributed by atoms with Crippen LogP contribution in [0.15, 0.2) is 12.6 Å². The van der Waals surface area contributed by atoms with Gasteiger partial charge in [-0.05, 0) is 19.2 Å². The Labute approximate surface area is 64.4 Å². The highest BCUT2D eigenvalue weighted by Crippen LogP contribution is 2.36. The fourth-order valence-corrected chi connectivity index (χ4v) is 0.499. The Morgan fingerprint density at radius 2 is 1.70 bits per heavy atom. The van der Waals surface area contributed by atoms with Gasteiger partial charge in [-0.1, -0.05) is 13.8 Å². The highest BCUT2D eigenvalue weighted by atomic mass is 16.3. The summed E-state index contributed by atoms with van der Waals surface area (Å²) in [4.78, 5) is 0. The summed E-state index contributed by atoms with van der Waals surface area (Å²) in [5, 5.41) is 9.40. The van der Waals surface area contributed by atoms with E-state index in [2.05, 4.69) is 6.58 Å². The van der Waals surface area contributed by atoms with E-state index in [1.807, 2.05) is 21.1 Å². The first-order valence-corrected chi connectivity index (χ1v) is 3.50. The minimum Gasteiger partial charge on any atom is -0.391 e. The summed E-state index contributed by atoms with van der Waals surface area (Å²) < 4.78 is 0. The third kappa shape index (κ3) is 2.18. The standard InChI is InChI=1S/C8H16BO/c1-6-9-7(2,3)8(4,5)10/h6,10H,1H2,2-5H3. The molecule has 0 amide bonds. The normalized spacial score (nSPS) is 12.9. The molecule has 0 saturated heterocycles. The molecule has 0 bridgehead atoms. The SMILES string of the molecule is C=C[B]C(C)(C)C(C)(C)O. The summed E-state index contributed by atoms with van der Waals surface area (Å²) in [6.45, 7) is 11.2. The molecule has 0 fully saturated rings. The second kappa shape index (κ2) is 2.79. The maximum absolute atomic E-state index is 9.60. The zero-order valence-corrected chi connectivity index (χ0v) is 7.31. The van der Waals surface area contributed by atoms with Crippen molar-refractivity contribution in [1.29, 1.82) is 0 Å². The Hall–Kier alpha value is -0.235. The number of rotatable bonds is 3. The molecular formula is C8H16BO. The zero-order chi connectivity index (χ0) is 8.41. The molecule has 0 aliphatic carbocycles. The average molecular weight is 139 g/mol. The first-order valence-electron chi connectivity index (χ1n) is 3.50. The summed E-state index contributed by atoms with van der Waals surface area (Å²) in [6, 6.07) is 0. The van der Waals surface area contributed by atoms with Crippen molar-refractivity contribution in [2.24, 2.45) is 0 Å². The average Bonchev–Trinajstić information content (AvgIpc) is 1.61. The van der Waals surface area contributed by atoms with Gasteiger partial charge in [0, 0.05) is 0 Å². The summed E-state index contributed by atoms with van der Waals surface area (Å²) in [5.41, 5.74) is -0.679. The molecule has 0 aliphatic rings. The van der Waals surface area contributed by atoms with Crippen molar-refractivity contribution >= 4 is 7.28 Å². The van der Waals surface area contributed by atoms with E-state index in [0.29, 0.717) is 0 Å². The van der Waals surface area contributed by atoms with Crippen LogP contribution in [-0.2, 0) is 0 Å². The fraction of sp³-hybridized carbons (Fsp3) is 0.750. The van der Waals surface area contributed by atoms with Crippen molar-refractivity contribution in [2.75, 3.05) is 0 Å². The van der Waals surface area contributed by atoms with Crippen LogP contribution in [0.5, 0.6) is 0 Å². The summed E-state index contributed by atoms with van der Waals surface area (Å²) in [6.07, 6.45) is 0. The zero-order valence-electron chi connectivity index (χ0n) is 7.31. The van der Waals surface area contributed by atoms with Crippen molar-refractivity contribution in [1.82, 2.24) is 0 Å². The van der Waals surface area contributed by atoms with Crippen molar-refractivity contribution in [2.45, 2.75) is 38.6 Å². The monoisotopic (exact) mass is 139 g/mol. The molecule has 1 N–H and O–H groups in total. The molecule has 0 aliphatic heterocycles. The van der Waals surface area contributed by atoms with Crippen LogP contribution in [0.3, 0.4) is 0 Å². The van der Waals surface area contributed by atoms with Crippen molar-refractivity contribution < 1.29 is 5.11 Å². The van der Waals surface area contributed by atoms with Crippen molar-refractivity contribution in [3.05, 3.63) is 12.6 Å². The molecule has 0 aromatic rings. The van der Waals surface area contributed by atoms with Gasteiger partial charge in [0.25, 0.3) is 0 Å². The Morgan fingerprint density at radius 1 is 1.30 bits per heavy atom. The molecule has 0 atom stereocenters. The van der Waals surface area contributed by atoms with Crippen molar-refractivity contribution in [3.63, 3.8) is 0 Å². The topological polar surface area (TPSA) is 20.2 Å². The molecule has 0 aromatic heterocycles. The van der Waals surface area contributed by atoms with Gasteiger partial charge in [-0.25, -0.2) is 0 Å². The predicted molar refractivity (Wildman–Crippen MR) is 46.3 cm³/mol. The molecule has 0 spiro atoms. The van der Waals surface area contributed by atoms with Crippen LogP contribution in [0, 0.1) is 0 Å². The molecule has 0 rings (SSSR count). The van der Waals surface area contributed by atoms with E-state index in [9.17, 15) is 5.11 Å². The van der Waals surface area contributed by atoms with Gasteiger partial charge in [0.1, 0.15) is 0 Å². The van der Waals surface area contributed by atoms with E-state index in [4.69, 9.17) is 0 Å². The molecule has 1 nitrogen and oxygen atoms in total. The van der Waals surface area contributed by atoms with Gasteiger partial charge < -0.3 is 5.11 Å². The van der Waals surface area contributed by atoms with E-state index >= 15 is 0 Å². The van der Waals surface area contributed by atoms with Crippen LogP contribution in [0.25, 0.3) is 0 Å². The first kappa shape index (κ1) is 9.76. The lowest BCUT2D eigenvalue weighted by Gasteiger charge is -2.36. The van der Waals surface area contributed by atoms with E-state index in [-0.39, 0.29) is 5.31 Å². The largest absolute Gasteiger partial charge is 0.391 e. The smallest absolute Gasteiger partial charge is 0.151 e. The Morgan fingerprint density at radius 3 is 1.80 bits per heavy atom. The van der Waals surface area contributed by atoms with Gasteiger partial charge in [0.15, 0.2) is 7.28 Å². The molecule has 0 unspecified atom stereocenters. The van der Waals surface area contributed by atoms with E-state index < -0.39 is 5.60 Å². The number of aliphatic hydroxyl groups is 1. The van der Waals surface area contributed by atoms with Crippen LogP contribution in [0.2, 0.25) is 5.31 Å². The Balaban J connectivity index is 4.23. The third-order valence-corrected chi connectivity index (χ3v) is 2.11. The van der Waals surface area contributed by atoms with Gasteiger partial charge in [-0.2, -0.15) is 0 Å².